The van der Waals surface area contributed by atoms with Crippen molar-refractivity contribution in [3.63, 3.8) is 0 Å². The zero-order chi connectivity index (χ0) is 13.8. The molecule has 0 saturated heterocycles. The van der Waals surface area contributed by atoms with Crippen LogP contribution in [0.3, 0.4) is 0 Å². The summed E-state index contributed by atoms with van der Waals surface area (Å²) in [6, 6.07) is 8.18. The summed E-state index contributed by atoms with van der Waals surface area (Å²) in [6.45, 7) is 14.5. The standard InChI is InChI=1S/C18H17N/c1-5-15-11-12-16-9-7-8-10-17(16)13-19(14(3)4)18(15)6-2/h5-10H,1-3,13H2,4H3/b18-15-. The van der Waals surface area contributed by atoms with Crippen molar-refractivity contribution in [3.05, 3.63) is 84.2 Å². The second-order valence-corrected chi connectivity index (χ2v) is 4.44. The van der Waals surface area contributed by atoms with Gasteiger partial charge in [-0.2, -0.15) is 0 Å². The van der Waals surface area contributed by atoms with Crippen LogP contribution in [0, 0.1) is 11.8 Å². The third-order valence-corrected chi connectivity index (χ3v) is 3.10. The van der Waals surface area contributed by atoms with E-state index >= 15 is 0 Å². The molecule has 1 aromatic rings. The highest BCUT2D eigenvalue weighted by Crippen LogP contribution is 2.24. The Morgan fingerprint density at radius 2 is 1.95 bits per heavy atom. The van der Waals surface area contributed by atoms with Gasteiger partial charge in [0, 0.05) is 23.4 Å². The van der Waals surface area contributed by atoms with Crippen LogP contribution in [0.2, 0.25) is 0 Å². The van der Waals surface area contributed by atoms with Crippen molar-refractivity contribution < 1.29 is 0 Å². The fourth-order valence-electron chi connectivity index (χ4n) is 2.10. The highest BCUT2D eigenvalue weighted by Gasteiger charge is 2.15. The van der Waals surface area contributed by atoms with E-state index in [1.165, 1.54) is 5.56 Å². The first-order chi connectivity index (χ1) is 9.17. The van der Waals surface area contributed by atoms with Crippen LogP contribution in [0.4, 0.5) is 0 Å². The Morgan fingerprint density at radius 1 is 1.21 bits per heavy atom. The van der Waals surface area contributed by atoms with Crippen LogP contribution in [0.1, 0.15) is 18.1 Å². The predicted octanol–water partition coefficient (Wildman–Crippen LogP) is 4.01. The average molecular weight is 247 g/mol. The zero-order valence-corrected chi connectivity index (χ0v) is 11.2. The second kappa shape index (κ2) is 5.46. The largest absolute Gasteiger partial charge is 0.341 e. The monoisotopic (exact) mass is 247 g/mol. The lowest BCUT2D eigenvalue weighted by atomic mass is 10.0. The molecule has 1 heterocycles. The van der Waals surface area contributed by atoms with Gasteiger partial charge >= 0.3 is 0 Å². The van der Waals surface area contributed by atoms with Crippen LogP contribution >= 0.6 is 0 Å². The zero-order valence-electron chi connectivity index (χ0n) is 11.2. The molecule has 0 fully saturated rings. The molecule has 0 N–H and O–H groups in total. The van der Waals surface area contributed by atoms with E-state index in [-0.39, 0.29) is 0 Å². The van der Waals surface area contributed by atoms with Gasteiger partial charge in [0.2, 0.25) is 0 Å². The van der Waals surface area contributed by atoms with Crippen molar-refractivity contribution in [1.82, 2.24) is 4.90 Å². The number of rotatable bonds is 3. The third-order valence-electron chi connectivity index (χ3n) is 3.10. The minimum absolute atomic E-state index is 0.749. The molecular weight excluding hydrogens is 230 g/mol. The number of allylic oxidation sites excluding steroid dienone is 4. The second-order valence-electron chi connectivity index (χ2n) is 4.44. The highest BCUT2D eigenvalue weighted by molar-refractivity contribution is 5.53. The Bertz CT molecular complexity index is 635. The van der Waals surface area contributed by atoms with Gasteiger partial charge in [-0.25, -0.2) is 0 Å². The summed E-state index contributed by atoms with van der Waals surface area (Å²) < 4.78 is 0. The number of fused-ring (bicyclic) bond motifs is 1. The smallest absolute Gasteiger partial charge is 0.0564 e. The van der Waals surface area contributed by atoms with Crippen LogP contribution in [0.25, 0.3) is 0 Å². The molecule has 1 nitrogen and oxygen atoms in total. The van der Waals surface area contributed by atoms with Gasteiger partial charge < -0.3 is 4.90 Å². The van der Waals surface area contributed by atoms with Crippen molar-refractivity contribution in [2.24, 2.45) is 0 Å². The quantitative estimate of drug-likeness (QED) is 0.729. The molecule has 0 aromatic heterocycles. The Labute approximate surface area is 115 Å². The summed E-state index contributed by atoms with van der Waals surface area (Å²) in [4.78, 5) is 2.12. The predicted molar refractivity (Wildman–Crippen MR) is 81.1 cm³/mol. The van der Waals surface area contributed by atoms with Crippen molar-refractivity contribution in [2.45, 2.75) is 13.5 Å². The molecule has 1 heteroatoms. The molecular formula is C18H17N. The molecule has 0 aliphatic carbocycles. The van der Waals surface area contributed by atoms with Crippen molar-refractivity contribution in [1.29, 1.82) is 0 Å². The van der Waals surface area contributed by atoms with E-state index in [0.717, 1.165) is 29.1 Å². The van der Waals surface area contributed by atoms with Gasteiger partial charge in [-0.05, 0) is 24.6 Å². The summed E-state index contributed by atoms with van der Waals surface area (Å²) in [7, 11) is 0. The number of hydrogen-bond acceptors (Lipinski definition) is 1. The van der Waals surface area contributed by atoms with Gasteiger partial charge in [0.1, 0.15) is 0 Å². The number of hydrogen-bond donors (Lipinski definition) is 0. The molecule has 1 aliphatic heterocycles. The summed E-state index contributed by atoms with van der Waals surface area (Å²) >= 11 is 0. The molecule has 0 unspecified atom stereocenters. The molecule has 1 aromatic carbocycles. The lowest BCUT2D eigenvalue weighted by molar-refractivity contribution is 0.433. The Kier molecular flexibility index (Phi) is 3.73. The molecule has 2 rings (SSSR count). The van der Waals surface area contributed by atoms with Crippen LogP contribution in [0.15, 0.2) is 73.1 Å². The number of nitrogens with zero attached hydrogens (tertiary/aromatic N) is 1. The van der Waals surface area contributed by atoms with Crippen molar-refractivity contribution >= 4 is 0 Å². The van der Waals surface area contributed by atoms with E-state index in [2.05, 4.69) is 42.5 Å². The first-order valence-corrected chi connectivity index (χ1v) is 6.19. The maximum atomic E-state index is 4.05. The molecule has 0 amide bonds. The van der Waals surface area contributed by atoms with Crippen molar-refractivity contribution in [2.75, 3.05) is 0 Å². The summed E-state index contributed by atoms with van der Waals surface area (Å²) in [6.07, 6.45) is 3.59. The Morgan fingerprint density at radius 3 is 2.58 bits per heavy atom. The van der Waals surface area contributed by atoms with Crippen molar-refractivity contribution in [3.8, 4) is 11.8 Å². The van der Waals surface area contributed by atoms with E-state index in [4.69, 9.17) is 0 Å². The first-order valence-electron chi connectivity index (χ1n) is 6.19. The molecule has 1 aliphatic rings. The topological polar surface area (TPSA) is 3.24 Å². The highest BCUT2D eigenvalue weighted by atomic mass is 15.1. The molecule has 94 valence electrons. The van der Waals surface area contributed by atoms with Crippen LogP contribution in [-0.4, -0.2) is 4.90 Å². The van der Waals surface area contributed by atoms with Crippen LogP contribution in [0.5, 0.6) is 0 Å². The fourth-order valence-corrected chi connectivity index (χ4v) is 2.10. The van der Waals surface area contributed by atoms with Gasteiger partial charge in [0.05, 0.1) is 5.70 Å². The summed E-state index contributed by atoms with van der Waals surface area (Å²) in [5.41, 5.74) is 5.06. The minimum atomic E-state index is 0.749. The normalized spacial score (nSPS) is 17.4. The molecule has 0 bridgehead atoms. The van der Waals surface area contributed by atoms with Gasteiger partial charge in [0.15, 0.2) is 0 Å². The van der Waals surface area contributed by atoms with Crippen LogP contribution in [-0.2, 0) is 6.54 Å². The Hall–Kier alpha value is -2.46. The summed E-state index contributed by atoms with van der Waals surface area (Å²) in [5, 5.41) is 0. The SMILES string of the molecule is C=C/C1=C(\C=C)N(C(=C)C)Cc2ccccc2C#C1. The number of benzene rings is 1. The van der Waals surface area contributed by atoms with E-state index in [9.17, 15) is 0 Å². The fraction of sp³-hybridized carbons (Fsp3) is 0.111. The van der Waals surface area contributed by atoms with Gasteiger partial charge in [-0.3, -0.25) is 0 Å². The van der Waals surface area contributed by atoms with E-state index in [1.54, 1.807) is 6.08 Å². The molecule has 0 radical (unpaired) electrons. The maximum absolute atomic E-state index is 4.05. The van der Waals surface area contributed by atoms with Gasteiger partial charge in [-0.15, -0.1) is 0 Å². The molecule has 19 heavy (non-hydrogen) atoms. The Balaban J connectivity index is 2.67. The first kappa shape index (κ1) is 13.0. The lowest BCUT2D eigenvalue weighted by Crippen LogP contribution is -2.21. The van der Waals surface area contributed by atoms with E-state index < -0.39 is 0 Å². The van der Waals surface area contributed by atoms with Gasteiger partial charge in [0.25, 0.3) is 0 Å². The van der Waals surface area contributed by atoms with Gasteiger partial charge in [-0.1, -0.05) is 55.9 Å². The average Bonchev–Trinajstić information content (AvgIpc) is 2.39. The minimum Gasteiger partial charge on any atom is -0.341 e. The third kappa shape index (κ3) is 2.53. The lowest BCUT2D eigenvalue weighted by Gasteiger charge is -2.28. The van der Waals surface area contributed by atoms with Crippen LogP contribution < -0.4 is 0 Å². The summed E-state index contributed by atoms with van der Waals surface area (Å²) in [5.74, 6) is 6.38. The van der Waals surface area contributed by atoms with E-state index in [1.807, 2.05) is 31.2 Å². The molecule has 0 saturated carbocycles. The maximum Gasteiger partial charge on any atom is 0.0564 e. The molecule has 0 atom stereocenters. The molecule has 0 spiro atoms. The van der Waals surface area contributed by atoms with E-state index in [0.29, 0.717) is 0 Å².